The molecule has 1 N–H and O–H groups in total. The van der Waals surface area contributed by atoms with Crippen molar-refractivity contribution in [2.45, 2.75) is 17.4 Å². The van der Waals surface area contributed by atoms with Crippen LogP contribution in [0.5, 0.6) is 0 Å². The Morgan fingerprint density at radius 2 is 1.88 bits per heavy atom. The summed E-state index contributed by atoms with van der Waals surface area (Å²) in [5, 5.41) is 6.99. The van der Waals surface area contributed by atoms with E-state index in [0.29, 0.717) is 22.4 Å². The van der Waals surface area contributed by atoms with Gasteiger partial charge >= 0.3 is 0 Å². The van der Waals surface area contributed by atoms with Crippen LogP contribution in [-0.4, -0.2) is 34.8 Å². The van der Waals surface area contributed by atoms with E-state index in [4.69, 9.17) is 0 Å². The molecule has 4 rings (SSSR count). The van der Waals surface area contributed by atoms with Gasteiger partial charge in [0.15, 0.2) is 9.84 Å². The molecule has 1 atom stereocenters. The van der Waals surface area contributed by atoms with Crippen LogP contribution in [0, 0.1) is 0 Å². The fourth-order valence-electron chi connectivity index (χ4n) is 3.09. The van der Waals surface area contributed by atoms with Crippen molar-refractivity contribution in [2.24, 2.45) is 0 Å². The number of hydrogen-bond acceptors (Lipinski definition) is 5. The first-order valence-corrected chi connectivity index (χ1v) is 9.77. The fourth-order valence-corrected chi connectivity index (χ4v) is 4.71. The van der Waals surface area contributed by atoms with Crippen LogP contribution in [0.3, 0.4) is 0 Å². The highest BCUT2D eigenvalue weighted by Gasteiger charge is 2.30. The third-order valence-electron chi connectivity index (χ3n) is 4.42. The number of aromatic nitrogens is 3. The molecule has 1 amide bonds. The zero-order valence-corrected chi connectivity index (χ0v) is 14.6. The SMILES string of the molecule is O=C(N[C@H]1CCS(=O)(=O)c2ccccc21)c1ccc(-n2cncn2)cc1. The van der Waals surface area contributed by atoms with Gasteiger partial charge in [0.25, 0.3) is 5.91 Å². The van der Waals surface area contributed by atoms with Crippen LogP contribution >= 0.6 is 0 Å². The Kier molecular flexibility index (Phi) is 4.04. The number of rotatable bonds is 3. The quantitative estimate of drug-likeness (QED) is 0.762. The highest BCUT2D eigenvalue weighted by Crippen LogP contribution is 2.32. The molecule has 3 aromatic rings. The first-order chi connectivity index (χ1) is 12.5. The summed E-state index contributed by atoms with van der Waals surface area (Å²) in [4.78, 5) is 16.8. The van der Waals surface area contributed by atoms with Gasteiger partial charge in [-0.25, -0.2) is 18.1 Å². The van der Waals surface area contributed by atoms with Crippen LogP contribution in [0.25, 0.3) is 5.69 Å². The summed E-state index contributed by atoms with van der Waals surface area (Å²) in [6.45, 7) is 0. The van der Waals surface area contributed by atoms with Crippen molar-refractivity contribution in [2.75, 3.05) is 5.75 Å². The smallest absolute Gasteiger partial charge is 0.251 e. The second-order valence-electron chi connectivity index (χ2n) is 6.06. The number of amides is 1. The Hall–Kier alpha value is -3.00. The molecule has 132 valence electrons. The van der Waals surface area contributed by atoms with Crippen molar-refractivity contribution in [1.29, 1.82) is 0 Å². The largest absolute Gasteiger partial charge is 0.345 e. The molecule has 0 aliphatic carbocycles. The highest BCUT2D eigenvalue weighted by atomic mass is 32.2. The highest BCUT2D eigenvalue weighted by molar-refractivity contribution is 7.91. The standard InChI is InChI=1S/C18H16N4O3S/c23-18(13-5-7-14(8-6-13)22-12-19-11-20-22)21-16-9-10-26(24,25)17-4-2-1-3-15(16)17/h1-8,11-12,16H,9-10H2,(H,21,23)/t16-/m0/s1. The van der Waals surface area contributed by atoms with E-state index in [2.05, 4.69) is 15.4 Å². The molecule has 0 fully saturated rings. The molecule has 1 aliphatic rings. The summed E-state index contributed by atoms with van der Waals surface area (Å²) in [7, 11) is -3.27. The van der Waals surface area contributed by atoms with E-state index in [-0.39, 0.29) is 17.7 Å². The van der Waals surface area contributed by atoms with Crippen LogP contribution in [-0.2, 0) is 9.84 Å². The molecule has 0 unspecified atom stereocenters. The third-order valence-corrected chi connectivity index (χ3v) is 6.24. The summed E-state index contributed by atoms with van der Waals surface area (Å²) in [5.41, 5.74) is 1.94. The van der Waals surface area contributed by atoms with Crippen molar-refractivity contribution < 1.29 is 13.2 Å². The number of sulfone groups is 1. The van der Waals surface area contributed by atoms with Crippen molar-refractivity contribution in [3.8, 4) is 5.69 Å². The van der Waals surface area contributed by atoms with E-state index in [1.807, 2.05) is 0 Å². The van der Waals surface area contributed by atoms with Gasteiger partial charge in [0.2, 0.25) is 0 Å². The molecule has 2 heterocycles. The lowest BCUT2D eigenvalue weighted by Gasteiger charge is -2.26. The maximum atomic E-state index is 12.6. The van der Waals surface area contributed by atoms with Crippen molar-refractivity contribution in [1.82, 2.24) is 20.1 Å². The van der Waals surface area contributed by atoms with Crippen LogP contribution in [0.1, 0.15) is 28.4 Å². The van der Waals surface area contributed by atoms with E-state index in [9.17, 15) is 13.2 Å². The second kappa shape index (κ2) is 6.38. The van der Waals surface area contributed by atoms with Gasteiger partial charge in [0.05, 0.1) is 22.4 Å². The number of fused-ring (bicyclic) bond motifs is 1. The molecular weight excluding hydrogens is 352 g/mol. The Balaban J connectivity index is 1.55. The summed E-state index contributed by atoms with van der Waals surface area (Å²) in [6.07, 6.45) is 3.38. The number of nitrogens with zero attached hydrogens (tertiary/aromatic N) is 3. The summed E-state index contributed by atoms with van der Waals surface area (Å²) < 4.78 is 26.0. The normalized spacial score (nSPS) is 18.1. The number of benzene rings is 2. The average molecular weight is 368 g/mol. The topological polar surface area (TPSA) is 94.0 Å². The van der Waals surface area contributed by atoms with Gasteiger partial charge in [-0.05, 0) is 42.3 Å². The molecule has 0 spiro atoms. The van der Waals surface area contributed by atoms with Gasteiger partial charge in [-0.3, -0.25) is 4.79 Å². The Bertz CT molecular complexity index is 1040. The molecular formula is C18H16N4O3S. The van der Waals surface area contributed by atoms with Crippen molar-refractivity contribution >= 4 is 15.7 Å². The molecule has 2 aromatic carbocycles. The number of carbonyl (C=O) groups excluding carboxylic acids is 1. The van der Waals surface area contributed by atoms with Gasteiger partial charge < -0.3 is 5.32 Å². The zero-order valence-electron chi connectivity index (χ0n) is 13.7. The zero-order chi connectivity index (χ0) is 18.1. The van der Waals surface area contributed by atoms with Crippen LogP contribution in [0.2, 0.25) is 0 Å². The van der Waals surface area contributed by atoms with E-state index >= 15 is 0 Å². The summed E-state index contributed by atoms with van der Waals surface area (Å²) in [5.74, 6) is -0.213. The molecule has 1 aromatic heterocycles. The lowest BCUT2D eigenvalue weighted by molar-refractivity contribution is 0.0934. The Morgan fingerprint density at radius 1 is 1.12 bits per heavy atom. The summed E-state index contributed by atoms with van der Waals surface area (Å²) >= 11 is 0. The van der Waals surface area contributed by atoms with E-state index in [0.717, 1.165) is 5.69 Å². The molecule has 0 saturated carbocycles. The summed E-state index contributed by atoms with van der Waals surface area (Å²) in [6, 6.07) is 13.5. The molecule has 0 radical (unpaired) electrons. The van der Waals surface area contributed by atoms with E-state index in [1.54, 1.807) is 59.5 Å². The van der Waals surface area contributed by atoms with Crippen LogP contribution in [0.4, 0.5) is 0 Å². The maximum absolute atomic E-state index is 12.6. The second-order valence-corrected chi connectivity index (χ2v) is 8.14. The minimum atomic E-state index is -3.27. The molecule has 1 aliphatic heterocycles. The van der Waals surface area contributed by atoms with Gasteiger partial charge in [-0.2, -0.15) is 5.10 Å². The molecule has 8 heteroatoms. The first-order valence-electron chi connectivity index (χ1n) is 8.12. The average Bonchev–Trinajstić information content (AvgIpc) is 3.19. The van der Waals surface area contributed by atoms with Gasteiger partial charge in [0.1, 0.15) is 12.7 Å². The Labute approximate surface area is 150 Å². The van der Waals surface area contributed by atoms with Crippen molar-refractivity contribution in [3.63, 3.8) is 0 Å². The third kappa shape index (κ3) is 2.99. The minimum absolute atomic E-state index is 0.0280. The fraction of sp³-hybridized carbons (Fsp3) is 0.167. The Morgan fingerprint density at radius 3 is 2.62 bits per heavy atom. The van der Waals surface area contributed by atoms with E-state index in [1.165, 1.54) is 6.33 Å². The van der Waals surface area contributed by atoms with E-state index < -0.39 is 9.84 Å². The first kappa shape index (κ1) is 16.5. The lowest BCUT2D eigenvalue weighted by atomic mass is 10.0. The molecule has 0 bridgehead atoms. The minimum Gasteiger partial charge on any atom is -0.345 e. The van der Waals surface area contributed by atoms with Crippen LogP contribution in [0.15, 0.2) is 66.1 Å². The molecule has 7 nitrogen and oxygen atoms in total. The maximum Gasteiger partial charge on any atom is 0.251 e. The number of hydrogen-bond donors (Lipinski definition) is 1. The predicted octanol–water partition coefficient (Wildman–Crippen LogP) is 1.92. The number of carbonyl (C=O) groups is 1. The van der Waals surface area contributed by atoms with Crippen LogP contribution < -0.4 is 5.32 Å². The van der Waals surface area contributed by atoms with Gasteiger partial charge in [-0.15, -0.1) is 0 Å². The predicted molar refractivity (Wildman–Crippen MR) is 94.7 cm³/mol. The number of nitrogens with one attached hydrogen (secondary N) is 1. The molecule has 0 saturated heterocycles. The molecule has 26 heavy (non-hydrogen) atoms. The van der Waals surface area contributed by atoms with Gasteiger partial charge in [0, 0.05) is 5.56 Å². The lowest BCUT2D eigenvalue weighted by Crippen LogP contribution is -2.33. The van der Waals surface area contributed by atoms with Gasteiger partial charge in [-0.1, -0.05) is 18.2 Å². The van der Waals surface area contributed by atoms with Crippen molar-refractivity contribution in [3.05, 3.63) is 72.3 Å². The monoisotopic (exact) mass is 368 g/mol.